The van der Waals surface area contributed by atoms with Gasteiger partial charge >= 0.3 is 11.9 Å². The molecule has 0 aliphatic carbocycles. The van der Waals surface area contributed by atoms with Crippen molar-refractivity contribution in [3.05, 3.63) is 0 Å². The minimum Gasteiger partial charge on any atom is -0.480 e. The Morgan fingerprint density at radius 3 is 1.08 bits per heavy atom. The lowest BCUT2D eigenvalue weighted by Crippen LogP contribution is -2.51. The average molecular weight is 569 g/mol. The van der Waals surface area contributed by atoms with E-state index in [-0.39, 0.29) is 11.5 Å². The van der Waals surface area contributed by atoms with Gasteiger partial charge in [-0.15, -0.1) is 0 Å². The van der Waals surface area contributed by atoms with Crippen molar-refractivity contribution in [2.24, 2.45) is 0 Å². The highest BCUT2D eigenvalue weighted by atomic mass is 33.1. The van der Waals surface area contributed by atoms with Crippen LogP contribution in [-0.2, 0) is 9.59 Å². The molecule has 36 heavy (non-hydrogen) atoms. The molecule has 8 unspecified atom stereocenters. The molecular weight excluding hydrogens is 532 g/mol. The minimum atomic E-state index is -1.87. The van der Waals surface area contributed by atoms with Gasteiger partial charge in [0.25, 0.3) is 0 Å². The van der Waals surface area contributed by atoms with Crippen molar-refractivity contribution in [3.8, 4) is 0 Å². The smallest absolute Gasteiger partial charge is 0.321 e. The van der Waals surface area contributed by atoms with Crippen molar-refractivity contribution < 1.29 is 70.9 Å². The fourth-order valence-electron chi connectivity index (χ4n) is 2.56. The molecule has 0 saturated carbocycles. The molecule has 0 aliphatic heterocycles. The standard InChI is InChI=1S/C18H36N2O14S2/c21-3-11(25)15(29)13(27)9(23)1-19-7(17(31)32)5-35-36-6-8(18(33)34)20-2-10(24)14(28)16(30)12(26)4-22/h7-16,19-30H,1-6H2,(H,31,32)(H,33,34)/t7-,8-,9?,10?,11?,12?,13?,14?,15?,16?/m0/s1. The molecular formula is C18H36N2O14S2. The van der Waals surface area contributed by atoms with Crippen LogP contribution in [-0.4, -0.2) is 172 Å². The molecule has 0 radical (unpaired) electrons. The molecule has 14 N–H and O–H groups in total. The Labute approximate surface area is 214 Å². The van der Waals surface area contributed by atoms with Crippen LogP contribution in [0.15, 0.2) is 0 Å². The number of nitrogens with one attached hydrogen (secondary N) is 2. The van der Waals surface area contributed by atoms with E-state index in [1.807, 2.05) is 0 Å². The van der Waals surface area contributed by atoms with Crippen molar-refractivity contribution in [2.75, 3.05) is 37.8 Å². The minimum absolute atomic E-state index is 0.121. The maximum absolute atomic E-state index is 11.4. The predicted molar refractivity (Wildman–Crippen MR) is 126 cm³/mol. The van der Waals surface area contributed by atoms with Gasteiger partial charge in [0, 0.05) is 24.6 Å². The van der Waals surface area contributed by atoms with Crippen LogP contribution in [0.4, 0.5) is 0 Å². The summed E-state index contributed by atoms with van der Waals surface area (Å²) in [4.78, 5) is 22.8. The summed E-state index contributed by atoms with van der Waals surface area (Å²) in [6, 6.07) is -2.51. The van der Waals surface area contributed by atoms with Crippen LogP contribution in [0.5, 0.6) is 0 Å². The van der Waals surface area contributed by atoms with Gasteiger partial charge in [-0.1, -0.05) is 21.6 Å². The molecule has 0 bridgehead atoms. The number of hydrogen-bond donors (Lipinski definition) is 14. The van der Waals surface area contributed by atoms with Crippen LogP contribution in [0.2, 0.25) is 0 Å². The predicted octanol–water partition coefficient (Wildman–Crippen LogP) is -6.67. The third-order valence-corrected chi connectivity index (χ3v) is 7.37. The number of carboxylic acids is 2. The van der Waals surface area contributed by atoms with Crippen LogP contribution < -0.4 is 10.6 Å². The molecule has 16 nitrogen and oxygen atoms in total. The summed E-state index contributed by atoms with van der Waals surface area (Å²) in [6.45, 7) is -2.72. The quantitative estimate of drug-likeness (QED) is 0.0452. The lowest BCUT2D eigenvalue weighted by atomic mass is 10.0. The van der Waals surface area contributed by atoms with E-state index in [2.05, 4.69) is 10.6 Å². The molecule has 0 fully saturated rings. The molecule has 0 amide bonds. The highest BCUT2D eigenvalue weighted by Crippen LogP contribution is 2.23. The van der Waals surface area contributed by atoms with Crippen LogP contribution >= 0.6 is 21.6 Å². The van der Waals surface area contributed by atoms with E-state index in [0.717, 1.165) is 21.6 Å². The van der Waals surface area contributed by atoms with Gasteiger partial charge in [-0.05, 0) is 0 Å². The number of aliphatic hydroxyl groups is 10. The number of rotatable bonds is 21. The second-order valence-electron chi connectivity index (χ2n) is 7.76. The molecule has 0 aromatic heterocycles. The first kappa shape index (κ1) is 35.2. The summed E-state index contributed by atoms with van der Waals surface area (Å²) in [6.07, 6.45) is -14.3. The van der Waals surface area contributed by atoms with Crippen molar-refractivity contribution in [1.29, 1.82) is 0 Å². The topological polar surface area (TPSA) is 301 Å². The molecule has 0 heterocycles. The molecule has 0 aromatic carbocycles. The van der Waals surface area contributed by atoms with Crippen LogP contribution in [0.3, 0.4) is 0 Å². The summed E-state index contributed by atoms with van der Waals surface area (Å²) >= 11 is 0. The Bertz CT molecular complexity index is 587. The summed E-state index contributed by atoms with van der Waals surface area (Å²) in [5.74, 6) is -2.89. The summed E-state index contributed by atoms with van der Waals surface area (Å²) < 4.78 is 0. The maximum Gasteiger partial charge on any atom is 0.321 e. The second-order valence-corrected chi connectivity index (χ2v) is 10.3. The van der Waals surface area contributed by atoms with Crippen LogP contribution in [0, 0.1) is 0 Å². The van der Waals surface area contributed by atoms with Gasteiger partial charge in [0.2, 0.25) is 0 Å². The van der Waals surface area contributed by atoms with Gasteiger partial charge in [-0.25, -0.2) is 0 Å². The van der Waals surface area contributed by atoms with Gasteiger partial charge in [-0.2, -0.15) is 0 Å². The summed E-state index contributed by atoms with van der Waals surface area (Å²) in [7, 11) is 1.91. The zero-order valence-electron chi connectivity index (χ0n) is 19.0. The number of aliphatic carboxylic acids is 2. The van der Waals surface area contributed by atoms with Gasteiger partial charge in [-0.3, -0.25) is 9.59 Å². The van der Waals surface area contributed by atoms with E-state index < -0.39 is 99.2 Å². The lowest BCUT2D eigenvalue weighted by molar-refractivity contribution is -0.140. The van der Waals surface area contributed by atoms with E-state index >= 15 is 0 Å². The van der Waals surface area contributed by atoms with Crippen molar-refractivity contribution >= 4 is 33.5 Å². The Hall–Kier alpha value is -0.840. The molecule has 0 aliphatic rings. The van der Waals surface area contributed by atoms with Gasteiger partial charge in [0.05, 0.1) is 25.4 Å². The first-order valence-electron chi connectivity index (χ1n) is 10.6. The molecule has 0 rings (SSSR count). The van der Waals surface area contributed by atoms with E-state index in [4.69, 9.17) is 10.2 Å². The zero-order chi connectivity index (χ0) is 28.0. The van der Waals surface area contributed by atoms with Gasteiger partial charge in [0.15, 0.2) is 0 Å². The van der Waals surface area contributed by atoms with Crippen LogP contribution in [0.1, 0.15) is 0 Å². The molecule has 0 saturated heterocycles. The largest absolute Gasteiger partial charge is 0.480 e. The first-order valence-corrected chi connectivity index (χ1v) is 13.1. The molecule has 214 valence electrons. The van der Waals surface area contributed by atoms with E-state index in [0.29, 0.717) is 0 Å². The van der Waals surface area contributed by atoms with E-state index in [1.165, 1.54) is 0 Å². The number of aliphatic hydroxyl groups excluding tert-OH is 10. The summed E-state index contributed by atoms with van der Waals surface area (Å²) in [5.41, 5.74) is 0. The number of carbonyl (C=O) groups is 2. The van der Waals surface area contributed by atoms with Gasteiger partial charge in [0.1, 0.15) is 48.7 Å². The Kier molecular flexibility index (Phi) is 18.0. The van der Waals surface area contributed by atoms with Crippen LogP contribution in [0.25, 0.3) is 0 Å². The maximum atomic E-state index is 11.4. The Morgan fingerprint density at radius 1 is 0.556 bits per heavy atom. The highest BCUT2D eigenvalue weighted by molar-refractivity contribution is 8.76. The number of hydrogen-bond acceptors (Lipinski definition) is 16. The Morgan fingerprint density at radius 2 is 0.833 bits per heavy atom. The SMILES string of the molecule is O=C(O)[C@H](CSSC[C@H](NCC(O)C(O)C(O)C(O)CO)C(=O)O)NCC(O)C(O)C(O)C(O)CO. The second kappa shape index (κ2) is 18.4. The molecule has 0 aromatic rings. The molecule has 0 spiro atoms. The zero-order valence-corrected chi connectivity index (χ0v) is 20.6. The lowest BCUT2D eigenvalue weighted by Gasteiger charge is -2.27. The van der Waals surface area contributed by atoms with Crippen molar-refractivity contribution in [3.63, 3.8) is 0 Å². The summed E-state index contributed by atoms with van der Waals surface area (Å²) in [5, 5.41) is 118. The Balaban J connectivity index is 4.61. The highest BCUT2D eigenvalue weighted by Gasteiger charge is 2.32. The molecule has 18 heteroatoms. The average Bonchev–Trinajstić information content (AvgIpc) is 2.85. The van der Waals surface area contributed by atoms with Crippen molar-refractivity contribution in [2.45, 2.75) is 60.9 Å². The van der Waals surface area contributed by atoms with E-state index in [9.17, 15) is 60.7 Å². The van der Waals surface area contributed by atoms with E-state index in [1.54, 1.807) is 0 Å². The third kappa shape index (κ3) is 12.6. The van der Waals surface area contributed by atoms with Gasteiger partial charge < -0.3 is 71.9 Å². The first-order chi connectivity index (χ1) is 16.8. The fraction of sp³-hybridized carbons (Fsp3) is 0.889. The fourth-order valence-corrected chi connectivity index (χ4v) is 4.94. The number of carboxylic acid groups (broad SMARTS) is 2. The van der Waals surface area contributed by atoms with Crippen molar-refractivity contribution in [1.82, 2.24) is 10.6 Å². The monoisotopic (exact) mass is 568 g/mol. The molecule has 10 atom stereocenters. The normalized spacial score (nSPS) is 20.4. The third-order valence-electron chi connectivity index (χ3n) is 4.95.